The maximum Gasteiger partial charge on any atom is 0.335 e. The molecule has 1 aromatic rings. The summed E-state index contributed by atoms with van der Waals surface area (Å²) in [6.45, 7) is 5.09. The molecule has 1 atom stereocenters. The van der Waals surface area contributed by atoms with E-state index >= 15 is 0 Å². The molecule has 1 saturated heterocycles. The van der Waals surface area contributed by atoms with E-state index in [1.807, 2.05) is 6.92 Å². The van der Waals surface area contributed by atoms with Gasteiger partial charge in [0.2, 0.25) is 0 Å². The minimum Gasteiger partial charge on any atom is -0.478 e. The molecule has 5 heteroatoms. The maximum atomic E-state index is 13.7. The van der Waals surface area contributed by atoms with Crippen LogP contribution in [0.2, 0.25) is 0 Å². The molecule has 0 bridgehead atoms. The number of carboxylic acid groups (broad SMARTS) is 1. The van der Waals surface area contributed by atoms with Gasteiger partial charge in [0.15, 0.2) is 0 Å². The Hall–Kier alpha value is -1.62. The SMILES string of the molecule is CC(CN1CCCC1)Nc1ccc(C(=O)O)cc1F. The van der Waals surface area contributed by atoms with Crippen molar-refractivity contribution in [2.45, 2.75) is 25.8 Å². The molecule has 1 unspecified atom stereocenters. The van der Waals surface area contributed by atoms with Gasteiger partial charge in [-0.25, -0.2) is 9.18 Å². The lowest BCUT2D eigenvalue weighted by Crippen LogP contribution is -2.33. The summed E-state index contributed by atoms with van der Waals surface area (Å²) in [5.74, 6) is -1.64. The average Bonchev–Trinajstić information content (AvgIpc) is 2.84. The van der Waals surface area contributed by atoms with Gasteiger partial charge in [-0.2, -0.15) is 0 Å². The first kappa shape index (κ1) is 13.8. The molecule has 2 N–H and O–H groups in total. The molecule has 1 fully saturated rings. The van der Waals surface area contributed by atoms with Gasteiger partial charge in [0.05, 0.1) is 11.3 Å². The Bertz CT molecular complexity index is 459. The summed E-state index contributed by atoms with van der Waals surface area (Å²) < 4.78 is 13.7. The number of hydrogen-bond donors (Lipinski definition) is 2. The minimum atomic E-state index is -1.12. The fraction of sp³-hybridized carbons (Fsp3) is 0.500. The number of hydrogen-bond acceptors (Lipinski definition) is 3. The van der Waals surface area contributed by atoms with E-state index in [4.69, 9.17) is 5.11 Å². The number of rotatable bonds is 5. The van der Waals surface area contributed by atoms with E-state index in [9.17, 15) is 9.18 Å². The third kappa shape index (κ3) is 3.67. The second-order valence-electron chi connectivity index (χ2n) is 5.05. The van der Waals surface area contributed by atoms with Crippen molar-refractivity contribution < 1.29 is 14.3 Å². The molecular formula is C14H19FN2O2. The molecule has 0 radical (unpaired) electrons. The standard InChI is InChI=1S/C14H19FN2O2/c1-10(9-17-6-2-3-7-17)16-13-5-4-11(14(18)19)8-12(13)15/h4-5,8,10,16H,2-3,6-7,9H2,1H3,(H,18,19). The number of nitrogens with one attached hydrogen (secondary N) is 1. The molecule has 1 aromatic carbocycles. The second-order valence-corrected chi connectivity index (χ2v) is 5.05. The van der Waals surface area contributed by atoms with Crippen molar-refractivity contribution in [1.29, 1.82) is 0 Å². The van der Waals surface area contributed by atoms with Crippen LogP contribution in [-0.4, -0.2) is 41.7 Å². The predicted octanol–water partition coefficient (Wildman–Crippen LogP) is 2.42. The Morgan fingerprint density at radius 3 is 2.74 bits per heavy atom. The van der Waals surface area contributed by atoms with E-state index in [1.54, 1.807) is 0 Å². The van der Waals surface area contributed by atoms with Crippen LogP contribution in [0.3, 0.4) is 0 Å². The summed E-state index contributed by atoms with van der Waals surface area (Å²) in [5, 5.41) is 11.9. The van der Waals surface area contributed by atoms with Crippen LogP contribution in [0.4, 0.5) is 10.1 Å². The molecule has 0 saturated carbocycles. The smallest absolute Gasteiger partial charge is 0.335 e. The number of carbonyl (C=O) groups is 1. The van der Waals surface area contributed by atoms with Crippen LogP contribution < -0.4 is 5.32 Å². The largest absolute Gasteiger partial charge is 0.478 e. The molecular weight excluding hydrogens is 247 g/mol. The van der Waals surface area contributed by atoms with E-state index in [-0.39, 0.29) is 11.6 Å². The Morgan fingerprint density at radius 1 is 1.47 bits per heavy atom. The fourth-order valence-corrected chi connectivity index (χ4v) is 2.43. The van der Waals surface area contributed by atoms with Gasteiger partial charge < -0.3 is 15.3 Å². The lowest BCUT2D eigenvalue weighted by Gasteiger charge is -2.22. The quantitative estimate of drug-likeness (QED) is 0.859. The molecule has 1 heterocycles. The van der Waals surface area contributed by atoms with Crippen molar-refractivity contribution in [3.63, 3.8) is 0 Å². The number of carboxylic acids is 1. The predicted molar refractivity (Wildman–Crippen MR) is 72.1 cm³/mol. The molecule has 0 aliphatic carbocycles. The molecule has 2 rings (SSSR count). The van der Waals surface area contributed by atoms with E-state index in [0.717, 1.165) is 25.7 Å². The van der Waals surface area contributed by atoms with Gasteiger partial charge in [0.25, 0.3) is 0 Å². The van der Waals surface area contributed by atoms with Crippen molar-refractivity contribution in [3.8, 4) is 0 Å². The van der Waals surface area contributed by atoms with Crippen molar-refractivity contribution in [2.24, 2.45) is 0 Å². The van der Waals surface area contributed by atoms with E-state index in [1.165, 1.54) is 25.0 Å². The second kappa shape index (κ2) is 6.02. The molecule has 4 nitrogen and oxygen atoms in total. The maximum absolute atomic E-state index is 13.7. The lowest BCUT2D eigenvalue weighted by atomic mass is 10.2. The molecule has 1 aliphatic rings. The van der Waals surface area contributed by atoms with Crippen LogP contribution in [0, 0.1) is 5.82 Å². The highest BCUT2D eigenvalue weighted by Crippen LogP contribution is 2.17. The normalized spacial score (nSPS) is 17.4. The van der Waals surface area contributed by atoms with Crippen molar-refractivity contribution >= 4 is 11.7 Å². The van der Waals surface area contributed by atoms with Crippen LogP contribution >= 0.6 is 0 Å². The van der Waals surface area contributed by atoms with Crippen LogP contribution in [0.5, 0.6) is 0 Å². The molecule has 1 aliphatic heterocycles. The first-order chi connectivity index (χ1) is 9.06. The van der Waals surface area contributed by atoms with E-state index < -0.39 is 11.8 Å². The molecule has 104 valence electrons. The van der Waals surface area contributed by atoms with E-state index in [2.05, 4.69) is 10.2 Å². The number of likely N-dealkylation sites (tertiary alicyclic amines) is 1. The highest BCUT2D eigenvalue weighted by Gasteiger charge is 2.16. The van der Waals surface area contributed by atoms with Gasteiger partial charge in [-0.3, -0.25) is 0 Å². The summed E-state index contributed by atoms with van der Waals surface area (Å²) in [5.41, 5.74) is 0.326. The topological polar surface area (TPSA) is 52.6 Å². The lowest BCUT2D eigenvalue weighted by molar-refractivity contribution is 0.0696. The van der Waals surface area contributed by atoms with Crippen molar-refractivity contribution in [2.75, 3.05) is 25.0 Å². The zero-order valence-electron chi connectivity index (χ0n) is 11.0. The first-order valence-corrected chi connectivity index (χ1v) is 6.58. The van der Waals surface area contributed by atoms with Crippen molar-refractivity contribution in [3.05, 3.63) is 29.6 Å². The summed E-state index contributed by atoms with van der Waals surface area (Å²) in [6, 6.07) is 4.08. The summed E-state index contributed by atoms with van der Waals surface area (Å²) in [4.78, 5) is 13.1. The number of anilines is 1. The zero-order chi connectivity index (χ0) is 13.8. The molecule has 0 amide bonds. The minimum absolute atomic E-state index is 0.0322. The van der Waals surface area contributed by atoms with Gasteiger partial charge in [-0.05, 0) is 51.1 Å². The Labute approximate surface area is 112 Å². The third-order valence-electron chi connectivity index (χ3n) is 3.35. The molecule has 0 spiro atoms. The zero-order valence-corrected chi connectivity index (χ0v) is 11.0. The molecule has 19 heavy (non-hydrogen) atoms. The number of halogens is 1. The highest BCUT2D eigenvalue weighted by molar-refractivity contribution is 5.88. The fourth-order valence-electron chi connectivity index (χ4n) is 2.43. The monoisotopic (exact) mass is 266 g/mol. The van der Waals surface area contributed by atoms with Gasteiger partial charge >= 0.3 is 5.97 Å². The van der Waals surface area contributed by atoms with Gasteiger partial charge in [-0.1, -0.05) is 0 Å². The van der Waals surface area contributed by atoms with Gasteiger partial charge in [0, 0.05) is 12.6 Å². The highest BCUT2D eigenvalue weighted by atomic mass is 19.1. The van der Waals surface area contributed by atoms with E-state index in [0.29, 0.717) is 5.69 Å². The number of benzene rings is 1. The van der Waals surface area contributed by atoms with Crippen molar-refractivity contribution in [1.82, 2.24) is 4.90 Å². The Balaban J connectivity index is 1.96. The van der Waals surface area contributed by atoms with Crippen LogP contribution in [0.1, 0.15) is 30.1 Å². The van der Waals surface area contributed by atoms with Crippen LogP contribution in [-0.2, 0) is 0 Å². The average molecular weight is 266 g/mol. The summed E-state index contributed by atoms with van der Waals surface area (Å²) >= 11 is 0. The number of aromatic carboxylic acids is 1. The first-order valence-electron chi connectivity index (χ1n) is 6.58. The Morgan fingerprint density at radius 2 is 2.16 bits per heavy atom. The third-order valence-corrected chi connectivity index (χ3v) is 3.35. The van der Waals surface area contributed by atoms with Gasteiger partial charge in [0.1, 0.15) is 5.82 Å². The summed E-state index contributed by atoms with van der Waals surface area (Å²) in [6.07, 6.45) is 2.46. The Kier molecular flexibility index (Phi) is 4.37. The van der Waals surface area contributed by atoms with Crippen LogP contribution in [0.15, 0.2) is 18.2 Å². The molecule has 0 aromatic heterocycles. The van der Waals surface area contributed by atoms with Crippen LogP contribution in [0.25, 0.3) is 0 Å². The number of nitrogens with zero attached hydrogens (tertiary/aromatic N) is 1. The summed E-state index contributed by atoms with van der Waals surface area (Å²) in [7, 11) is 0. The van der Waals surface area contributed by atoms with Gasteiger partial charge in [-0.15, -0.1) is 0 Å².